The molecule has 3 atom stereocenters. The van der Waals surface area contributed by atoms with E-state index in [1.54, 1.807) is 18.3 Å². The molecule has 4 N–H and O–H groups in total. The lowest BCUT2D eigenvalue weighted by Crippen LogP contribution is -2.43. The molecule has 0 aromatic carbocycles. The zero-order valence-corrected chi connectivity index (χ0v) is 19.1. The van der Waals surface area contributed by atoms with Crippen molar-refractivity contribution < 1.29 is 9.90 Å². The molecule has 1 fully saturated rings. The lowest BCUT2D eigenvalue weighted by molar-refractivity contribution is 0.0861. The maximum Gasteiger partial charge on any atom is 0.251 e. The fourth-order valence-electron chi connectivity index (χ4n) is 4.91. The van der Waals surface area contributed by atoms with Crippen molar-refractivity contribution in [2.24, 2.45) is 5.92 Å². The minimum atomic E-state index is -0.590. The number of hydrogen-bond acceptors (Lipinski definition) is 6. The minimum absolute atomic E-state index is 0.181. The number of pyridine rings is 1. The lowest BCUT2D eigenvalue weighted by atomic mass is 9.84. The lowest BCUT2D eigenvalue weighted by Gasteiger charge is -2.35. The molecule has 1 amide bonds. The van der Waals surface area contributed by atoms with Crippen LogP contribution in [-0.2, 0) is 0 Å². The third-order valence-electron chi connectivity index (χ3n) is 6.84. The molecule has 2 aliphatic heterocycles. The second-order valence-electron chi connectivity index (χ2n) is 9.40. The van der Waals surface area contributed by atoms with Crippen LogP contribution in [0.4, 0.5) is 5.82 Å². The first-order valence-corrected chi connectivity index (χ1v) is 12.1. The number of carbonyl (C=O) groups is 1. The van der Waals surface area contributed by atoms with E-state index in [2.05, 4.69) is 44.9 Å². The van der Waals surface area contributed by atoms with Gasteiger partial charge in [0.05, 0.1) is 6.10 Å². The van der Waals surface area contributed by atoms with E-state index in [0.29, 0.717) is 29.9 Å². The van der Waals surface area contributed by atoms with Crippen molar-refractivity contribution in [1.29, 1.82) is 0 Å². The third-order valence-corrected chi connectivity index (χ3v) is 6.84. The molecule has 0 radical (unpaired) electrons. The van der Waals surface area contributed by atoms with Gasteiger partial charge in [0.1, 0.15) is 5.82 Å². The van der Waals surface area contributed by atoms with Crippen LogP contribution in [0.25, 0.3) is 0 Å². The van der Waals surface area contributed by atoms with Gasteiger partial charge in [0.25, 0.3) is 5.91 Å². The number of β-amino-alcohol motifs (C(OH)–C–C–N with tert-alkyl or cyclic N) is 1. The van der Waals surface area contributed by atoms with Crippen molar-refractivity contribution in [1.82, 2.24) is 20.5 Å². The maximum absolute atomic E-state index is 12.6. The molecule has 4 rings (SSSR count). The van der Waals surface area contributed by atoms with E-state index in [-0.39, 0.29) is 12.5 Å². The zero-order valence-electron chi connectivity index (χ0n) is 19.1. The summed E-state index contributed by atoms with van der Waals surface area (Å²) in [5.41, 5.74) is 3.54. The number of hydrogen-bond donors (Lipinski definition) is 4. The first-order chi connectivity index (χ1) is 15.6. The first kappa shape index (κ1) is 23.0. The number of allylic oxidation sites excluding steroid dienone is 2. The molecule has 0 spiro atoms. The number of amides is 1. The fraction of sp³-hybridized carbons (Fsp3) is 0.600. The third kappa shape index (κ3) is 6.18. The predicted octanol–water partition coefficient (Wildman–Crippen LogP) is 2.32. The second kappa shape index (κ2) is 11.1. The molecule has 1 saturated heterocycles. The normalized spacial score (nSPS) is 24.7. The van der Waals surface area contributed by atoms with Crippen LogP contribution < -0.4 is 16.0 Å². The monoisotopic (exact) mass is 439 g/mol. The summed E-state index contributed by atoms with van der Waals surface area (Å²) < 4.78 is 0. The van der Waals surface area contributed by atoms with E-state index in [1.165, 1.54) is 24.0 Å². The van der Waals surface area contributed by atoms with Gasteiger partial charge in [0.2, 0.25) is 0 Å². The van der Waals surface area contributed by atoms with Crippen LogP contribution in [0.5, 0.6) is 0 Å². The maximum atomic E-state index is 12.6. The summed E-state index contributed by atoms with van der Waals surface area (Å²) in [6, 6.07) is 3.94. The summed E-state index contributed by atoms with van der Waals surface area (Å²) in [4.78, 5) is 19.3. The van der Waals surface area contributed by atoms with Crippen LogP contribution in [0.1, 0.15) is 49.4 Å². The van der Waals surface area contributed by atoms with Crippen LogP contribution >= 0.6 is 0 Å². The van der Waals surface area contributed by atoms with Gasteiger partial charge in [-0.25, -0.2) is 4.98 Å². The number of anilines is 1. The van der Waals surface area contributed by atoms with Crippen LogP contribution in [0.3, 0.4) is 0 Å². The topological polar surface area (TPSA) is 89.5 Å². The number of aromatic nitrogens is 1. The average Bonchev–Trinajstić information content (AvgIpc) is 2.82. The van der Waals surface area contributed by atoms with Gasteiger partial charge in [0.15, 0.2) is 0 Å². The Kier molecular flexibility index (Phi) is 7.95. The second-order valence-corrected chi connectivity index (χ2v) is 9.40. The van der Waals surface area contributed by atoms with E-state index >= 15 is 0 Å². The molecule has 32 heavy (non-hydrogen) atoms. The van der Waals surface area contributed by atoms with E-state index in [1.807, 2.05) is 0 Å². The SMILES string of the molecule is CC1CC=CC2=C1CN(C[C@@H](O)CNC(=O)c1ccnc(NCC3CCCCN3)c1)CC2. The van der Waals surface area contributed by atoms with Gasteiger partial charge in [0, 0.05) is 50.5 Å². The minimum Gasteiger partial charge on any atom is -0.390 e. The van der Waals surface area contributed by atoms with Crippen molar-refractivity contribution in [3.63, 3.8) is 0 Å². The smallest absolute Gasteiger partial charge is 0.251 e. The molecule has 1 aromatic rings. The molecule has 174 valence electrons. The molecule has 3 aliphatic rings. The summed E-state index contributed by atoms with van der Waals surface area (Å²) in [5.74, 6) is 1.11. The van der Waals surface area contributed by atoms with Crippen molar-refractivity contribution in [3.8, 4) is 0 Å². The van der Waals surface area contributed by atoms with Crippen molar-refractivity contribution >= 4 is 11.7 Å². The molecule has 2 unspecified atom stereocenters. The Hall–Kier alpha value is -2.22. The Labute approximate surface area is 191 Å². The van der Waals surface area contributed by atoms with Gasteiger partial charge >= 0.3 is 0 Å². The molecular weight excluding hydrogens is 402 g/mol. The zero-order chi connectivity index (χ0) is 22.3. The van der Waals surface area contributed by atoms with Gasteiger partial charge in [-0.3, -0.25) is 9.69 Å². The number of nitrogens with zero attached hydrogens (tertiary/aromatic N) is 2. The van der Waals surface area contributed by atoms with Crippen LogP contribution in [0, 0.1) is 5.92 Å². The molecule has 0 bridgehead atoms. The predicted molar refractivity (Wildman–Crippen MR) is 128 cm³/mol. The van der Waals surface area contributed by atoms with Crippen molar-refractivity contribution in [3.05, 3.63) is 47.2 Å². The van der Waals surface area contributed by atoms with Gasteiger partial charge < -0.3 is 21.1 Å². The molecule has 7 heteroatoms. The highest BCUT2D eigenvalue weighted by Crippen LogP contribution is 2.30. The van der Waals surface area contributed by atoms with Crippen LogP contribution in [0.15, 0.2) is 41.6 Å². The molecule has 1 aromatic heterocycles. The van der Waals surface area contributed by atoms with E-state index in [4.69, 9.17) is 0 Å². The van der Waals surface area contributed by atoms with E-state index in [9.17, 15) is 9.90 Å². The number of carbonyl (C=O) groups excluding carboxylic acids is 1. The Bertz CT molecular complexity index is 846. The largest absolute Gasteiger partial charge is 0.390 e. The van der Waals surface area contributed by atoms with Crippen molar-refractivity contribution in [2.45, 2.75) is 51.2 Å². The summed E-state index contributed by atoms with van der Waals surface area (Å²) in [6.45, 7) is 6.84. The first-order valence-electron chi connectivity index (χ1n) is 12.1. The fourth-order valence-corrected chi connectivity index (χ4v) is 4.91. The number of aliphatic hydroxyl groups excluding tert-OH is 1. The molecule has 0 saturated carbocycles. The molecular formula is C25H37N5O2. The number of piperidine rings is 1. The van der Waals surface area contributed by atoms with Crippen LogP contribution in [0.2, 0.25) is 0 Å². The summed E-state index contributed by atoms with van der Waals surface area (Å²) >= 11 is 0. The summed E-state index contributed by atoms with van der Waals surface area (Å²) in [6.07, 6.45) is 11.4. The summed E-state index contributed by atoms with van der Waals surface area (Å²) in [7, 11) is 0. The molecule has 7 nitrogen and oxygen atoms in total. The standard InChI is InChI=1S/C25H37N5O2/c1-18-5-4-6-19-9-12-30(17-23(18)19)16-22(31)15-29-25(32)20-8-11-27-24(13-20)28-14-21-7-2-3-10-26-21/h4,6,8,11,13,18,21-22,26,31H,2-3,5,7,9-10,12,14-17H2,1H3,(H,27,28)(H,29,32)/t18?,21?,22-/m0/s1. The number of nitrogens with one attached hydrogen (secondary N) is 3. The highest BCUT2D eigenvalue weighted by molar-refractivity contribution is 5.94. The quantitative estimate of drug-likeness (QED) is 0.497. The Morgan fingerprint density at radius 2 is 2.31 bits per heavy atom. The average molecular weight is 440 g/mol. The van der Waals surface area contributed by atoms with E-state index in [0.717, 1.165) is 45.4 Å². The Morgan fingerprint density at radius 1 is 1.41 bits per heavy atom. The van der Waals surface area contributed by atoms with Gasteiger partial charge in [-0.05, 0) is 61.4 Å². The highest BCUT2D eigenvalue weighted by atomic mass is 16.3. The number of rotatable bonds is 8. The molecule has 3 heterocycles. The highest BCUT2D eigenvalue weighted by Gasteiger charge is 2.24. The van der Waals surface area contributed by atoms with Crippen molar-refractivity contribution in [2.75, 3.05) is 44.6 Å². The molecule has 1 aliphatic carbocycles. The Morgan fingerprint density at radius 3 is 3.16 bits per heavy atom. The summed E-state index contributed by atoms with van der Waals surface area (Å²) in [5, 5.41) is 20.2. The van der Waals surface area contributed by atoms with Gasteiger partial charge in [-0.1, -0.05) is 25.5 Å². The number of aliphatic hydroxyl groups is 1. The van der Waals surface area contributed by atoms with Gasteiger partial charge in [-0.15, -0.1) is 0 Å². The van der Waals surface area contributed by atoms with Gasteiger partial charge in [-0.2, -0.15) is 0 Å². The van der Waals surface area contributed by atoms with Crippen LogP contribution in [-0.4, -0.2) is 72.3 Å². The van der Waals surface area contributed by atoms with E-state index < -0.39 is 6.10 Å². The Balaban J connectivity index is 1.22.